The van der Waals surface area contributed by atoms with E-state index >= 15 is 0 Å². The molecule has 118 valence electrons. The van der Waals surface area contributed by atoms with Crippen molar-refractivity contribution < 1.29 is 9.18 Å². The number of hydrogen-bond acceptors (Lipinski definition) is 3. The number of nitrogens with one attached hydrogen (secondary N) is 2. The number of benzene rings is 1. The molecule has 1 aliphatic heterocycles. The van der Waals surface area contributed by atoms with Crippen molar-refractivity contribution >= 4 is 24.0 Å². The Morgan fingerprint density at radius 2 is 1.95 bits per heavy atom. The van der Waals surface area contributed by atoms with Gasteiger partial charge in [0.15, 0.2) is 0 Å². The minimum absolute atomic E-state index is 0. The molecule has 1 fully saturated rings. The number of nitrogens with zero attached hydrogens (tertiary/aromatic N) is 1. The molecule has 1 aliphatic rings. The lowest BCUT2D eigenvalue weighted by molar-refractivity contribution is -0.116. The predicted octanol–water partition coefficient (Wildman–Crippen LogP) is 2.26. The lowest BCUT2D eigenvalue weighted by atomic mass is 10.1. The van der Waals surface area contributed by atoms with Crippen molar-refractivity contribution in [2.45, 2.75) is 32.4 Å². The molecule has 2 N–H and O–H groups in total. The second-order valence-electron chi connectivity index (χ2n) is 5.51. The van der Waals surface area contributed by atoms with E-state index in [2.05, 4.69) is 29.4 Å². The number of amides is 1. The summed E-state index contributed by atoms with van der Waals surface area (Å²) < 4.78 is 13.4. The van der Waals surface area contributed by atoms with Crippen LogP contribution in [-0.2, 0) is 4.79 Å². The van der Waals surface area contributed by atoms with Gasteiger partial charge < -0.3 is 10.6 Å². The van der Waals surface area contributed by atoms with Crippen LogP contribution in [0.2, 0.25) is 0 Å². The Hall–Kier alpha value is -1.17. The molecule has 0 bridgehead atoms. The molecule has 0 aromatic heterocycles. The molecule has 4 nitrogen and oxygen atoms in total. The molecule has 2 unspecified atom stereocenters. The molecule has 1 aromatic carbocycles. The molecule has 1 heterocycles. The van der Waals surface area contributed by atoms with Crippen LogP contribution >= 0.6 is 12.4 Å². The number of anilines is 1. The molecule has 0 aliphatic carbocycles. The van der Waals surface area contributed by atoms with Gasteiger partial charge in [0, 0.05) is 38.1 Å². The first-order valence-corrected chi connectivity index (χ1v) is 7.07. The Kier molecular flexibility index (Phi) is 7.08. The minimum atomic E-state index is -0.398. The van der Waals surface area contributed by atoms with E-state index in [0.717, 1.165) is 13.1 Å². The Bertz CT molecular complexity index is 462. The number of piperazine rings is 1. The Balaban J connectivity index is 0.00000220. The lowest BCUT2D eigenvalue weighted by Gasteiger charge is -2.35. The van der Waals surface area contributed by atoms with Crippen LogP contribution in [0.15, 0.2) is 24.3 Å². The van der Waals surface area contributed by atoms with E-state index in [9.17, 15) is 9.18 Å². The van der Waals surface area contributed by atoms with E-state index in [-0.39, 0.29) is 24.0 Å². The van der Waals surface area contributed by atoms with E-state index < -0.39 is 5.82 Å². The maximum Gasteiger partial charge on any atom is 0.225 e. The van der Waals surface area contributed by atoms with Gasteiger partial charge in [-0.2, -0.15) is 0 Å². The van der Waals surface area contributed by atoms with E-state index in [4.69, 9.17) is 0 Å². The molecule has 1 aromatic rings. The van der Waals surface area contributed by atoms with Crippen LogP contribution in [-0.4, -0.2) is 42.5 Å². The van der Waals surface area contributed by atoms with Crippen LogP contribution in [0.1, 0.15) is 20.3 Å². The van der Waals surface area contributed by atoms with Crippen LogP contribution < -0.4 is 10.6 Å². The van der Waals surface area contributed by atoms with Crippen LogP contribution in [0.5, 0.6) is 0 Å². The largest absolute Gasteiger partial charge is 0.324 e. The Labute approximate surface area is 131 Å². The summed E-state index contributed by atoms with van der Waals surface area (Å²) in [4.78, 5) is 14.1. The van der Waals surface area contributed by atoms with Crippen LogP contribution in [0.3, 0.4) is 0 Å². The van der Waals surface area contributed by atoms with Gasteiger partial charge in [-0.15, -0.1) is 12.4 Å². The average Bonchev–Trinajstić information content (AvgIpc) is 2.38. The highest BCUT2D eigenvalue weighted by Gasteiger charge is 2.21. The first-order chi connectivity index (χ1) is 9.54. The van der Waals surface area contributed by atoms with E-state index in [1.165, 1.54) is 6.07 Å². The molecule has 21 heavy (non-hydrogen) atoms. The monoisotopic (exact) mass is 315 g/mol. The molecular weight excluding hydrogens is 293 g/mol. The zero-order valence-corrected chi connectivity index (χ0v) is 13.3. The summed E-state index contributed by atoms with van der Waals surface area (Å²) in [6.45, 7) is 6.87. The summed E-state index contributed by atoms with van der Waals surface area (Å²) in [5.41, 5.74) is 0.250. The third-order valence-electron chi connectivity index (χ3n) is 3.44. The number of para-hydroxylation sites is 1. The second kappa shape index (κ2) is 8.32. The summed E-state index contributed by atoms with van der Waals surface area (Å²) in [7, 11) is 0. The standard InChI is InChI=1S/C15H22FN3O.ClH/c1-11-9-19(10-12(2)17-11)8-7-15(20)18-14-6-4-3-5-13(14)16;/h3-6,11-12,17H,7-10H2,1-2H3,(H,18,20);1H. The summed E-state index contributed by atoms with van der Waals surface area (Å²) in [5.74, 6) is -0.542. The quantitative estimate of drug-likeness (QED) is 0.896. The zero-order valence-electron chi connectivity index (χ0n) is 12.4. The predicted molar refractivity (Wildman–Crippen MR) is 85.4 cm³/mol. The third-order valence-corrected chi connectivity index (χ3v) is 3.44. The maximum absolute atomic E-state index is 13.4. The Morgan fingerprint density at radius 1 is 1.33 bits per heavy atom. The normalized spacial score (nSPS) is 22.4. The second-order valence-corrected chi connectivity index (χ2v) is 5.51. The van der Waals surface area contributed by atoms with E-state index in [1.807, 2.05) is 0 Å². The fourth-order valence-electron chi connectivity index (χ4n) is 2.66. The number of halogens is 2. The van der Waals surface area contributed by atoms with Gasteiger partial charge in [0.25, 0.3) is 0 Å². The van der Waals surface area contributed by atoms with Crippen molar-refractivity contribution in [3.8, 4) is 0 Å². The summed E-state index contributed by atoms with van der Waals surface area (Å²) in [6, 6.07) is 7.10. The average molecular weight is 316 g/mol. The van der Waals surface area contributed by atoms with Gasteiger partial charge in [0.2, 0.25) is 5.91 Å². The van der Waals surface area contributed by atoms with Crippen molar-refractivity contribution in [2.75, 3.05) is 25.0 Å². The molecule has 2 atom stereocenters. The number of carbonyl (C=O) groups excluding carboxylic acids is 1. The van der Waals surface area contributed by atoms with Crippen molar-refractivity contribution in [1.29, 1.82) is 0 Å². The fraction of sp³-hybridized carbons (Fsp3) is 0.533. The lowest BCUT2D eigenvalue weighted by Crippen LogP contribution is -2.54. The SMILES string of the molecule is CC1CN(CCC(=O)Nc2ccccc2F)CC(C)N1.Cl. The van der Waals surface area contributed by atoms with Gasteiger partial charge in [0.1, 0.15) is 5.82 Å². The molecular formula is C15H23ClFN3O. The van der Waals surface area contributed by atoms with Crippen molar-refractivity contribution in [3.05, 3.63) is 30.1 Å². The molecule has 1 amide bonds. The van der Waals surface area contributed by atoms with E-state index in [1.54, 1.807) is 18.2 Å². The molecule has 0 saturated carbocycles. The number of carbonyl (C=O) groups is 1. The van der Waals surface area contributed by atoms with E-state index in [0.29, 0.717) is 25.0 Å². The first-order valence-electron chi connectivity index (χ1n) is 7.07. The molecule has 2 rings (SSSR count). The summed E-state index contributed by atoms with van der Waals surface area (Å²) in [6.07, 6.45) is 0.383. The molecule has 1 saturated heterocycles. The summed E-state index contributed by atoms with van der Waals surface area (Å²) >= 11 is 0. The topological polar surface area (TPSA) is 44.4 Å². The third kappa shape index (κ3) is 5.61. The van der Waals surface area contributed by atoms with Gasteiger partial charge in [0.05, 0.1) is 5.69 Å². The fourth-order valence-corrected chi connectivity index (χ4v) is 2.66. The maximum atomic E-state index is 13.4. The van der Waals surface area contributed by atoms with Crippen molar-refractivity contribution in [1.82, 2.24) is 10.2 Å². The smallest absolute Gasteiger partial charge is 0.225 e. The van der Waals surface area contributed by atoms with Gasteiger partial charge in [-0.05, 0) is 26.0 Å². The van der Waals surface area contributed by atoms with Crippen LogP contribution in [0.4, 0.5) is 10.1 Å². The number of rotatable bonds is 4. The van der Waals surface area contributed by atoms with Gasteiger partial charge in [-0.3, -0.25) is 9.69 Å². The highest BCUT2D eigenvalue weighted by Crippen LogP contribution is 2.13. The highest BCUT2D eigenvalue weighted by atomic mass is 35.5. The first kappa shape index (κ1) is 17.9. The summed E-state index contributed by atoms with van der Waals surface area (Å²) in [5, 5.41) is 6.07. The van der Waals surface area contributed by atoms with Crippen LogP contribution in [0, 0.1) is 5.82 Å². The van der Waals surface area contributed by atoms with Crippen molar-refractivity contribution in [2.24, 2.45) is 0 Å². The Morgan fingerprint density at radius 3 is 2.57 bits per heavy atom. The zero-order chi connectivity index (χ0) is 14.5. The molecule has 6 heteroatoms. The number of hydrogen-bond donors (Lipinski definition) is 2. The minimum Gasteiger partial charge on any atom is -0.324 e. The van der Waals surface area contributed by atoms with Crippen LogP contribution in [0.25, 0.3) is 0 Å². The highest BCUT2D eigenvalue weighted by molar-refractivity contribution is 5.90. The van der Waals surface area contributed by atoms with Gasteiger partial charge in [-0.25, -0.2) is 4.39 Å². The van der Waals surface area contributed by atoms with Crippen molar-refractivity contribution in [3.63, 3.8) is 0 Å². The van der Waals surface area contributed by atoms with Gasteiger partial charge in [-0.1, -0.05) is 12.1 Å². The molecule has 0 radical (unpaired) electrons. The molecule has 0 spiro atoms. The van der Waals surface area contributed by atoms with Gasteiger partial charge >= 0.3 is 0 Å².